The van der Waals surface area contributed by atoms with E-state index >= 15 is 0 Å². The van der Waals surface area contributed by atoms with E-state index in [-0.39, 0.29) is 24.1 Å². The third-order valence-electron chi connectivity index (χ3n) is 6.52. The van der Waals surface area contributed by atoms with Gasteiger partial charge >= 0.3 is 11.6 Å². The number of sulfonamides is 1. The van der Waals surface area contributed by atoms with Crippen molar-refractivity contribution in [3.05, 3.63) is 33.7 Å². The zero-order chi connectivity index (χ0) is 29.2. The van der Waals surface area contributed by atoms with E-state index in [0.717, 1.165) is 16.4 Å². The average molecular weight is 660 g/mol. The number of hydrogen-bond donors (Lipinski definition) is 0. The van der Waals surface area contributed by atoms with Crippen molar-refractivity contribution in [2.75, 3.05) is 27.1 Å². The molecule has 0 atom stereocenters. The van der Waals surface area contributed by atoms with Crippen LogP contribution in [0.5, 0.6) is 0 Å². The fourth-order valence-electron chi connectivity index (χ4n) is 3.86. The van der Waals surface area contributed by atoms with Gasteiger partial charge in [0.1, 0.15) is 13.5 Å². The molecule has 1 aliphatic carbocycles. The van der Waals surface area contributed by atoms with Crippen molar-refractivity contribution in [1.29, 1.82) is 0 Å². The summed E-state index contributed by atoms with van der Waals surface area (Å²) in [6, 6.07) is 4.75. The second-order valence-electron chi connectivity index (χ2n) is 12.3. The van der Waals surface area contributed by atoms with Crippen molar-refractivity contribution < 1.29 is 27.4 Å². The van der Waals surface area contributed by atoms with Crippen LogP contribution in [0.1, 0.15) is 23.3 Å². The highest BCUT2D eigenvalue weighted by atomic mass is 79.9. The molecule has 1 fully saturated rings. The minimum absolute atomic E-state index is 0.0108. The Bertz CT molecular complexity index is 1360. The van der Waals surface area contributed by atoms with Crippen LogP contribution in [0.2, 0.25) is 51.4 Å². The number of benzene rings is 1. The molecule has 216 valence electrons. The van der Waals surface area contributed by atoms with Crippen molar-refractivity contribution >= 4 is 59.0 Å². The second kappa shape index (κ2) is 12.1. The summed E-state index contributed by atoms with van der Waals surface area (Å²) in [7, 11) is -5.57. The van der Waals surface area contributed by atoms with Gasteiger partial charge in [0.2, 0.25) is 0 Å². The molecule has 2 aromatic rings. The van der Waals surface area contributed by atoms with Gasteiger partial charge in [-0.05, 0) is 40.2 Å². The number of carbonyl (C=O) groups is 1. The van der Waals surface area contributed by atoms with Gasteiger partial charge in [0.25, 0.3) is 10.0 Å². The van der Waals surface area contributed by atoms with Crippen molar-refractivity contribution in [3.63, 3.8) is 0 Å². The fraction of sp³-hybridized carbons (Fsp3) is 0.640. The molecule has 3 rings (SSSR count). The lowest BCUT2D eigenvalue weighted by Crippen LogP contribution is -2.42. The summed E-state index contributed by atoms with van der Waals surface area (Å²) in [5.41, 5.74) is -0.645. The molecular weight excluding hydrogens is 620 g/mol. The van der Waals surface area contributed by atoms with Crippen LogP contribution in [-0.2, 0) is 31.0 Å². The molecule has 0 unspecified atom stereocenters. The van der Waals surface area contributed by atoms with Crippen LogP contribution in [0.4, 0.5) is 0 Å². The Kier molecular flexibility index (Phi) is 9.90. The zero-order valence-electron chi connectivity index (χ0n) is 23.8. The molecule has 10 nitrogen and oxygen atoms in total. The summed E-state index contributed by atoms with van der Waals surface area (Å²) in [5.74, 6) is -0.686. The van der Waals surface area contributed by atoms with Crippen LogP contribution in [0, 0.1) is 6.57 Å². The predicted octanol–water partition coefficient (Wildman–Crippen LogP) is 5.61. The molecule has 0 amide bonds. The minimum Gasteiger partial charge on any atom is -0.464 e. The molecular formula is C25H39BrN4O6SSi2. The maximum absolute atomic E-state index is 14.0. The van der Waals surface area contributed by atoms with Crippen LogP contribution in [0.25, 0.3) is 15.7 Å². The average Bonchev–Trinajstić information content (AvgIpc) is 3.53. The summed E-state index contributed by atoms with van der Waals surface area (Å²) in [4.78, 5) is 16.2. The summed E-state index contributed by atoms with van der Waals surface area (Å²) >= 11 is 3.50. The molecule has 0 saturated heterocycles. The van der Waals surface area contributed by atoms with Gasteiger partial charge in [-0.2, -0.15) is 5.10 Å². The normalized spacial score (nSPS) is 15.5. The summed E-state index contributed by atoms with van der Waals surface area (Å²) in [5, 5.41) is 4.72. The van der Waals surface area contributed by atoms with Crippen molar-refractivity contribution in [2.45, 2.75) is 81.5 Å². The number of halogens is 1. The van der Waals surface area contributed by atoms with Gasteiger partial charge in [0, 0.05) is 39.2 Å². The first kappa shape index (κ1) is 31.9. The molecule has 0 aliphatic heterocycles. The van der Waals surface area contributed by atoms with Crippen molar-refractivity contribution in [1.82, 2.24) is 14.1 Å². The Balaban J connectivity index is 1.99. The van der Waals surface area contributed by atoms with Gasteiger partial charge in [0.15, 0.2) is 5.69 Å². The van der Waals surface area contributed by atoms with E-state index in [2.05, 4.69) is 65.2 Å². The maximum atomic E-state index is 14.0. The monoisotopic (exact) mass is 658 g/mol. The number of aromatic nitrogens is 2. The standard InChI is InChI=1S/C25H39BrN4O6SSi2/c1-27-25(9-10-25)30(18-36-12-14-39(6,7)8)37(32,33)19-15-20-22(24(31)34-2)28-29(23(20)21(26)16-19)17-35-11-13-38(3,4)5/h15-16H,9-14,17-18H2,2-8H3. The molecule has 14 heteroatoms. The number of carbonyl (C=O) groups excluding carboxylic acids is 1. The van der Waals surface area contributed by atoms with E-state index in [4.69, 9.17) is 20.8 Å². The van der Waals surface area contributed by atoms with Crippen molar-refractivity contribution in [3.8, 4) is 0 Å². The third-order valence-corrected chi connectivity index (χ3v) is 12.4. The van der Waals surface area contributed by atoms with Gasteiger partial charge < -0.3 is 14.2 Å². The molecule has 1 aliphatic rings. The van der Waals surface area contributed by atoms with E-state index in [1.54, 1.807) is 0 Å². The number of methoxy groups -OCH3 is 1. The highest BCUT2D eigenvalue weighted by Gasteiger charge is 2.61. The van der Waals surface area contributed by atoms with E-state index < -0.39 is 37.8 Å². The Morgan fingerprint density at radius 2 is 1.72 bits per heavy atom. The Morgan fingerprint density at radius 3 is 2.23 bits per heavy atom. The number of nitrogens with zero attached hydrogens (tertiary/aromatic N) is 4. The predicted molar refractivity (Wildman–Crippen MR) is 159 cm³/mol. The van der Waals surface area contributed by atoms with Crippen LogP contribution < -0.4 is 0 Å². The van der Waals surface area contributed by atoms with Crippen LogP contribution >= 0.6 is 15.9 Å². The number of ether oxygens (including phenoxy) is 3. The van der Waals surface area contributed by atoms with E-state index in [1.807, 2.05) is 0 Å². The van der Waals surface area contributed by atoms with E-state index in [0.29, 0.717) is 41.4 Å². The number of rotatable bonds is 14. The van der Waals surface area contributed by atoms with E-state index in [1.165, 1.54) is 23.9 Å². The lowest BCUT2D eigenvalue weighted by Gasteiger charge is -2.24. The van der Waals surface area contributed by atoms with Crippen LogP contribution in [0.15, 0.2) is 21.5 Å². The Labute approximate surface area is 242 Å². The number of esters is 1. The van der Waals surface area contributed by atoms with Gasteiger partial charge in [0.05, 0.1) is 30.4 Å². The zero-order valence-corrected chi connectivity index (χ0v) is 28.2. The first-order chi connectivity index (χ1) is 18.0. The quantitative estimate of drug-likeness (QED) is 0.0854. The molecule has 0 bridgehead atoms. The molecule has 1 saturated carbocycles. The van der Waals surface area contributed by atoms with Gasteiger partial charge in [-0.1, -0.05) is 43.6 Å². The Morgan fingerprint density at radius 1 is 1.13 bits per heavy atom. The molecule has 39 heavy (non-hydrogen) atoms. The van der Waals surface area contributed by atoms with Gasteiger partial charge in [-0.25, -0.2) is 24.5 Å². The van der Waals surface area contributed by atoms with Crippen molar-refractivity contribution in [2.24, 2.45) is 0 Å². The smallest absolute Gasteiger partial charge is 0.359 e. The minimum atomic E-state index is -4.16. The number of hydrogen-bond acceptors (Lipinski definition) is 7. The first-order valence-electron chi connectivity index (χ1n) is 12.9. The largest absolute Gasteiger partial charge is 0.464 e. The first-order valence-corrected chi connectivity index (χ1v) is 22.5. The molecule has 1 aromatic carbocycles. The highest BCUT2D eigenvalue weighted by molar-refractivity contribution is 9.10. The lowest BCUT2D eigenvalue weighted by atomic mass is 10.2. The molecule has 0 spiro atoms. The summed E-state index contributed by atoms with van der Waals surface area (Å²) in [6.45, 7) is 22.0. The van der Waals surface area contributed by atoms with Gasteiger partial charge in [-0.3, -0.25) is 4.85 Å². The van der Waals surface area contributed by atoms with Gasteiger partial charge in [-0.15, -0.1) is 0 Å². The fourth-order valence-corrected chi connectivity index (χ4v) is 7.86. The number of fused-ring (bicyclic) bond motifs is 1. The topological polar surface area (TPSA) is 104 Å². The molecule has 1 heterocycles. The maximum Gasteiger partial charge on any atom is 0.359 e. The third kappa shape index (κ3) is 7.78. The Hall–Kier alpha value is -1.61. The second-order valence-corrected chi connectivity index (χ2v) is 26.2. The van der Waals surface area contributed by atoms with Crippen LogP contribution in [-0.4, -0.2) is 77.3 Å². The van der Waals surface area contributed by atoms with Crippen LogP contribution in [0.3, 0.4) is 0 Å². The summed E-state index contributed by atoms with van der Waals surface area (Å²) in [6.07, 6.45) is 0.882. The molecule has 0 N–H and O–H groups in total. The molecule has 1 aromatic heterocycles. The highest BCUT2D eigenvalue weighted by Crippen LogP contribution is 2.46. The summed E-state index contributed by atoms with van der Waals surface area (Å²) < 4.78 is 47.6. The lowest BCUT2D eigenvalue weighted by molar-refractivity contribution is 0.0585. The van der Waals surface area contributed by atoms with E-state index in [9.17, 15) is 13.2 Å². The molecule has 0 radical (unpaired) electrons. The SMILES string of the molecule is [C-]#[N+]C1(N(COCC[Si](C)(C)C)S(=O)(=O)c2cc(Br)c3c(c2)c(C(=O)OC)nn3COCC[Si](C)(C)C)CC1.